The van der Waals surface area contributed by atoms with Crippen molar-refractivity contribution in [3.05, 3.63) is 24.4 Å². The van der Waals surface area contributed by atoms with Crippen molar-refractivity contribution in [1.82, 2.24) is 5.32 Å². The topological polar surface area (TPSA) is 24.4 Å². The predicted octanol–water partition coefficient (Wildman–Crippen LogP) is 0.483. The lowest BCUT2D eigenvalue weighted by atomic mass is 10.1. The summed E-state index contributed by atoms with van der Waals surface area (Å²) in [6, 6.07) is 0. The smallest absolute Gasteiger partial charge is 0.0931 e. The second-order valence-electron chi connectivity index (χ2n) is 2.31. The van der Waals surface area contributed by atoms with Crippen molar-refractivity contribution in [3.63, 3.8) is 0 Å². The van der Waals surface area contributed by atoms with E-state index in [2.05, 4.69) is 28.5 Å². The summed E-state index contributed by atoms with van der Waals surface area (Å²) < 4.78 is 0. The van der Waals surface area contributed by atoms with Crippen LogP contribution in [0.5, 0.6) is 0 Å². The lowest BCUT2D eigenvalue weighted by molar-refractivity contribution is 0.706. The first-order valence-corrected chi connectivity index (χ1v) is 3.06. The quantitative estimate of drug-likeness (QED) is 0.462. The molecule has 0 saturated heterocycles. The second-order valence-corrected chi connectivity index (χ2v) is 2.31. The Morgan fingerprint density at radius 2 is 2.44 bits per heavy atom. The molecule has 0 aliphatic carbocycles. The molecular formula is C7H8N2. The normalized spacial score (nSPS) is 37.3. The van der Waals surface area contributed by atoms with Crippen molar-refractivity contribution in [2.45, 2.75) is 5.54 Å². The van der Waals surface area contributed by atoms with E-state index in [4.69, 9.17) is 0 Å². The van der Waals surface area contributed by atoms with Crippen LogP contribution >= 0.6 is 0 Å². The van der Waals surface area contributed by atoms with Gasteiger partial charge in [0.05, 0.1) is 5.54 Å². The number of hydrogen-bond donors (Lipinski definition) is 1. The van der Waals surface area contributed by atoms with Gasteiger partial charge in [0, 0.05) is 19.0 Å². The zero-order valence-corrected chi connectivity index (χ0v) is 5.04. The molecule has 9 heavy (non-hydrogen) atoms. The van der Waals surface area contributed by atoms with Crippen molar-refractivity contribution < 1.29 is 0 Å². The molecule has 0 aromatic rings. The summed E-state index contributed by atoms with van der Waals surface area (Å²) in [6.45, 7) is 0.955. The van der Waals surface area contributed by atoms with Crippen LogP contribution in [0.2, 0.25) is 0 Å². The fourth-order valence-electron chi connectivity index (χ4n) is 1.13. The van der Waals surface area contributed by atoms with Gasteiger partial charge < -0.3 is 0 Å². The van der Waals surface area contributed by atoms with E-state index in [9.17, 15) is 0 Å². The van der Waals surface area contributed by atoms with Crippen molar-refractivity contribution in [1.29, 1.82) is 0 Å². The van der Waals surface area contributed by atoms with Gasteiger partial charge in [0.15, 0.2) is 0 Å². The third-order valence-electron chi connectivity index (χ3n) is 1.64. The molecule has 1 atom stereocenters. The standard InChI is InChI=1S/C7H8N2/c1-2-7(9-4-1)3-5-8-6-7/h1-3,5-6,9H,4H2. The molecule has 2 nitrogen and oxygen atoms in total. The van der Waals surface area contributed by atoms with E-state index in [1.54, 1.807) is 0 Å². The Kier molecular flexibility index (Phi) is 0.848. The summed E-state index contributed by atoms with van der Waals surface area (Å²) in [5.41, 5.74) is -0.0139. The van der Waals surface area contributed by atoms with Crippen LogP contribution in [0.3, 0.4) is 0 Å². The first-order chi connectivity index (χ1) is 4.41. The van der Waals surface area contributed by atoms with Crippen LogP contribution in [0.4, 0.5) is 0 Å². The van der Waals surface area contributed by atoms with Crippen LogP contribution in [-0.4, -0.2) is 18.3 Å². The number of hydrogen-bond acceptors (Lipinski definition) is 2. The first-order valence-electron chi connectivity index (χ1n) is 3.06. The van der Waals surface area contributed by atoms with Crippen LogP contribution in [0, 0.1) is 0 Å². The summed E-state index contributed by atoms with van der Waals surface area (Å²) in [5, 5.41) is 3.28. The largest absolute Gasteiger partial charge is 0.297 e. The van der Waals surface area contributed by atoms with Crippen molar-refractivity contribution in [3.8, 4) is 0 Å². The Labute approximate surface area is 54.0 Å². The SMILES string of the molecule is C1=CC2(C=CN=C2)NC1. The third-order valence-corrected chi connectivity index (χ3v) is 1.64. The Morgan fingerprint density at radius 3 is 3.00 bits per heavy atom. The first kappa shape index (κ1) is 4.94. The van der Waals surface area contributed by atoms with Gasteiger partial charge in [-0.05, 0) is 6.08 Å². The molecule has 0 aromatic carbocycles. The van der Waals surface area contributed by atoms with Gasteiger partial charge in [0.1, 0.15) is 0 Å². The van der Waals surface area contributed by atoms with Gasteiger partial charge in [-0.2, -0.15) is 0 Å². The van der Waals surface area contributed by atoms with Crippen LogP contribution in [0.1, 0.15) is 0 Å². The van der Waals surface area contributed by atoms with Gasteiger partial charge in [-0.25, -0.2) is 0 Å². The molecule has 0 radical (unpaired) electrons. The van der Waals surface area contributed by atoms with Crippen LogP contribution < -0.4 is 5.32 Å². The van der Waals surface area contributed by atoms with E-state index in [1.165, 1.54) is 0 Å². The highest BCUT2D eigenvalue weighted by atomic mass is 15.0. The van der Waals surface area contributed by atoms with Crippen molar-refractivity contribution in [2.24, 2.45) is 4.99 Å². The summed E-state index contributed by atoms with van der Waals surface area (Å²) in [6.07, 6.45) is 10.0. The minimum absolute atomic E-state index is 0.0139. The molecule has 2 rings (SSSR count). The highest BCUT2D eigenvalue weighted by molar-refractivity contribution is 5.80. The van der Waals surface area contributed by atoms with E-state index >= 15 is 0 Å². The molecule has 0 amide bonds. The van der Waals surface area contributed by atoms with Gasteiger partial charge in [-0.15, -0.1) is 0 Å². The second kappa shape index (κ2) is 1.54. The van der Waals surface area contributed by atoms with Gasteiger partial charge in [-0.3, -0.25) is 10.3 Å². The summed E-state index contributed by atoms with van der Waals surface area (Å²) in [7, 11) is 0. The molecule has 0 saturated carbocycles. The van der Waals surface area contributed by atoms with E-state index < -0.39 is 0 Å². The molecule has 2 heterocycles. The number of aliphatic imine (C=N–C) groups is 1. The van der Waals surface area contributed by atoms with E-state index in [-0.39, 0.29) is 5.54 Å². The average molecular weight is 120 g/mol. The molecule has 2 aliphatic heterocycles. The summed E-state index contributed by atoms with van der Waals surface area (Å²) >= 11 is 0. The van der Waals surface area contributed by atoms with Crippen LogP contribution in [-0.2, 0) is 0 Å². The summed E-state index contributed by atoms with van der Waals surface area (Å²) in [4.78, 5) is 4.00. The third kappa shape index (κ3) is 0.634. The van der Waals surface area contributed by atoms with Gasteiger partial charge in [0.2, 0.25) is 0 Å². The lowest BCUT2D eigenvalue weighted by Crippen LogP contribution is -2.37. The average Bonchev–Trinajstić information content (AvgIpc) is 2.45. The Bertz CT molecular complexity index is 189. The maximum atomic E-state index is 4.00. The molecule has 1 unspecified atom stereocenters. The zero-order valence-electron chi connectivity index (χ0n) is 5.04. The molecule has 2 heteroatoms. The van der Waals surface area contributed by atoms with Crippen molar-refractivity contribution >= 4 is 6.21 Å². The molecule has 46 valence electrons. The number of rotatable bonds is 0. The molecule has 0 fully saturated rings. The van der Waals surface area contributed by atoms with Gasteiger partial charge in [-0.1, -0.05) is 12.2 Å². The predicted molar refractivity (Wildman–Crippen MR) is 37.5 cm³/mol. The fourth-order valence-corrected chi connectivity index (χ4v) is 1.13. The van der Waals surface area contributed by atoms with Gasteiger partial charge in [0.25, 0.3) is 0 Å². The van der Waals surface area contributed by atoms with Crippen molar-refractivity contribution in [2.75, 3.05) is 6.54 Å². The number of nitrogens with zero attached hydrogens (tertiary/aromatic N) is 1. The molecular weight excluding hydrogens is 112 g/mol. The molecule has 0 aromatic heterocycles. The van der Waals surface area contributed by atoms with Crippen LogP contribution in [0.25, 0.3) is 0 Å². The Morgan fingerprint density at radius 1 is 1.44 bits per heavy atom. The minimum Gasteiger partial charge on any atom is -0.297 e. The molecule has 0 bridgehead atoms. The minimum atomic E-state index is -0.0139. The lowest BCUT2D eigenvalue weighted by Gasteiger charge is -2.13. The van der Waals surface area contributed by atoms with Gasteiger partial charge >= 0.3 is 0 Å². The maximum absolute atomic E-state index is 4.00. The van der Waals surface area contributed by atoms with E-state index in [0.29, 0.717) is 0 Å². The molecule has 1 spiro atoms. The fraction of sp³-hybridized carbons (Fsp3) is 0.286. The Hall–Kier alpha value is -0.890. The van der Waals surface area contributed by atoms with E-state index in [1.807, 2.05) is 12.4 Å². The molecule has 1 N–H and O–H groups in total. The molecule has 2 aliphatic rings. The van der Waals surface area contributed by atoms with E-state index in [0.717, 1.165) is 6.54 Å². The zero-order chi connectivity index (χ0) is 6.16. The monoisotopic (exact) mass is 120 g/mol. The Balaban J connectivity index is 2.34. The van der Waals surface area contributed by atoms with Crippen LogP contribution in [0.15, 0.2) is 29.4 Å². The summed E-state index contributed by atoms with van der Waals surface area (Å²) in [5.74, 6) is 0. The number of nitrogens with one attached hydrogen (secondary N) is 1. The highest BCUT2D eigenvalue weighted by Gasteiger charge is 2.25. The maximum Gasteiger partial charge on any atom is 0.0931 e. The highest BCUT2D eigenvalue weighted by Crippen LogP contribution is 2.15.